The normalized spacial score (nSPS) is 10.1. The lowest BCUT2D eigenvalue weighted by molar-refractivity contribution is -0.142. The van der Waals surface area contributed by atoms with E-state index in [2.05, 4.69) is 27.9 Å². The van der Waals surface area contributed by atoms with Gasteiger partial charge in [-0.05, 0) is 40.3 Å². The van der Waals surface area contributed by atoms with Crippen LogP contribution in [0.1, 0.15) is 5.56 Å². The summed E-state index contributed by atoms with van der Waals surface area (Å²) in [4.78, 5) is 21.7. The molecule has 0 aliphatic heterocycles. The maximum absolute atomic E-state index is 11.5. The molecule has 1 amide bonds. The quantitative estimate of drug-likeness (QED) is 0.561. The Morgan fingerprint density at radius 1 is 1.39 bits per heavy atom. The predicted molar refractivity (Wildman–Crippen MR) is 74.3 cm³/mol. The highest BCUT2D eigenvalue weighted by Gasteiger charge is 2.03. The summed E-state index contributed by atoms with van der Waals surface area (Å²) in [6.07, 6.45) is 0.315. The Bertz CT molecular complexity index is 422. The second-order valence-corrected chi connectivity index (χ2v) is 4.85. The molecule has 0 saturated carbocycles. The number of benzene rings is 1. The first-order valence-electron chi connectivity index (χ1n) is 5.38. The van der Waals surface area contributed by atoms with Crippen LogP contribution in [0.25, 0.3) is 0 Å². The molecule has 2 N–H and O–H groups in total. The molecule has 0 aliphatic carbocycles. The van der Waals surface area contributed by atoms with Crippen LogP contribution in [-0.4, -0.2) is 36.7 Å². The van der Waals surface area contributed by atoms with Crippen LogP contribution in [0.2, 0.25) is 0 Å². The smallest absolute Gasteiger partial charge is 0.329 e. The van der Waals surface area contributed by atoms with Gasteiger partial charge in [0.1, 0.15) is 6.61 Å². The molecule has 0 unspecified atom stereocenters. The number of amides is 1. The summed E-state index contributed by atoms with van der Waals surface area (Å²) in [6.45, 7) is 0.174. The molecule has 1 rings (SSSR count). The number of hydrogen-bond acceptors (Lipinski definition) is 3. The number of carbonyl (C=O) groups is 2. The zero-order valence-electron chi connectivity index (χ0n) is 9.69. The molecule has 98 valence electrons. The van der Waals surface area contributed by atoms with Crippen LogP contribution >= 0.6 is 22.6 Å². The van der Waals surface area contributed by atoms with Crippen LogP contribution in [-0.2, 0) is 20.7 Å². The van der Waals surface area contributed by atoms with E-state index in [0.29, 0.717) is 13.0 Å². The van der Waals surface area contributed by atoms with E-state index < -0.39 is 5.97 Å². The van der Waals surface area contributed by atoms with Gasteiger partial charge in [-0.25, -0.2) is 4.79 Å². The Morgan fingerprint density at radius 3 is 2.83 bits per heavy atom. The molecule has 0 atom stereocenters. The molecule has 0 heterocycles. The van der Waals surface area contributed by atoms with E-state index in [1.807, 2.05) is 24.3 Å². The van der Waals surface area contributed by atoms with Crippen molar-refractivity contribution in [3.05, 3.63) is 33.4 Å². The largest absolute Gasteiger partial charge is 0.480 e. The zero-order valence-corrected chi connectivity index (χ0v) is 11.8. The topological polar surface area (TPSA) is 75.6 Å². The SMILES string of the molecule is O=C(O)COCCNC(=O)Cc1cccc(I)c1. The summed E-state index contributed by atoms with van der Waals surface area (Å²) in [6, 6.07) is 7.70. The highest BCUT2D eigenvalue weighted by atomic mass is 127. The summed E-state index contributed by atoms with van der Waals surface area (Å²) < 4.78 is 5.89. The first-order chi connectivity index (χ1) is 8.58. The standard InChI is InChI=1S/C12H14INO4/c13-10-3-1-2-9(6-10)7-11(15)14-4-5-18-8-12(16)17/h1-3,6H,4-5,7-8H2,(H,14,15)(H,16,17). The van der Waals surface area contributed by atoms with E-state index in [1.54, 1.807) is 0 Å². The lowest BCUT2D eigenvalue weighted by Gasteiger charge is -2.05. The number of halogens is 1. The van der Waals surface area contributed by atoms with Gasteiger partial charge in [0.2, 0.25) is 5.91 Å². The van der Waals surface area contributed by atoms with Crippen LogP contribution in [0.15, 0.2) is 24.3 Å². The van der Waals surface area contributed by atoms with E-state index in [4.69, 9.17) is 9.84 Å². The summed E-state index contributed by atoms with van der Waals surface area (Å²) in [5, 5.41) is 11.0. The van der Waals surface area contributed by atoms with Crippen molar-refractivity contribution in [3.8, 4) is 0 Å². The van der Waals surface area contributed by atoms with Crippen LogP contribution in [0.4, 0.5) is 0 Å². The molecule has 1 aromatic carbocycles. The molecule has 0 aliphatic rings. The van der Waals surface area contributed by atoms with E-state index in [1.165, 1.54) is 0 Å². The van der Waals surface area contributed by atoms with Crippen LogP contribution < -0.4 is 5.32 Å². The Hall–Kier alpha value is -1.15. The number of nitrogens with one attached hydrogen (secondary N) is 1. The van der Waals surface area contributed by atoms with Gasteiger partial charge in [0.15, 0.2) is 0 Å². The lowest BCUT2D eigenvalue weighted by atomic mass is 10.1. The molecule has 5 nitrogen and oxygen atoms in total. The summed E-state index contributed by atoms with van der Waals surface area (Å²) >= 11 is 2.19. The van der Waals surface area contributed by atoms with Crippen molar-refractivity contribution in [2.45, 2.75) is 6.42 Å². The van der Waals surface area contributed by atoms with Gasteiger partial charge < -0.3 is 15.2 Å². The van der Waals surface area contributed by atoms with Crippen molar-refractivity contribution < 1.29 is 19.4 Å². The van der Waals surface area contributed by atoms with Crippen LogP contribution in [0.3, 0.4) is 0 Å². The fourth-order valence-corrected chi connectivity index (χ4v) is 1.92. The van der Waals surface area contributed by atoms with Gasteiger partial charge in [0.05, 0.1) is 13.0 Å². The molecule has 0 bridgehead atoms. The van der Waals surface area contributed by atoms with E-state index in [0.717, 1.165) is 9.13 Å². The molecule has 0 radical (unpaired) electrons. The fraction of sp³-hybridized carbons (Fsp3) is 0.333. The van der Waals surface area contributed by atoms with Gasteiger partial charge in [0.25, 0.3) is 0 Å². The molecule has 1 aromatic rings. The minimum Gasteiger partial charge on any atom is -0.480 e. The van der Waals surface area contributed by atoms with E-state index in [9.17, 15) is 9.59 Å². The maximum Gasteiger partial charge on any atom is 0.329 e. The van der Waals surface area contributed by atoms with Gasteiger partial charge in [-0.15, -0.1) is 0 Å². The number of rotatable bonds is 7. The molecular weight excluding hydrogens is 349 g/mol. The van der Waals surface area contributed by atoms with Crippen LogP contribution in [0.5, 0.6) is 0 Å². The van der Waals surface area contributed by atoms with Crippen molar-refractivity contribution in [3.63, 3.8) is 0 Å². The predicted octanol–water partition coefficient (Wildman–Crippen LogP) is 1.05. The third-order valence-electron chi connectivity index (χ3n) is 2.05. The Kier molecular flexibility index (Phi) is 6.66. The summed E-state index contributed by atoms with van der Waals surface area (Å²) in [5.74, 6) is -1.11. The average Bonchev–Trinajstić information content (AvgIpc) is 2.28. The van der Waals surface area contributed by atoms with E-state index >= 15 is 0 Å². The van der Waals surface area contributed by atoms with Crippen molar-refractivity contribution in [1.82, 2.24) is 5.32 Å². The number of carboxylic acid groups (broad SMARTS) is 1. The van der Waals surface area contributed by atoms with Gasteiger partial charge >= 0.3 is 5.97 Å². The third-order valence-corrected chi connectivity index (χ3v) is 2.72. The molecule has 0 fully saturated rings. The van der Waals surface area contributed by atoms with Crippen molar-refractivity contribution in [1.29, 1.82) is 0 Å². The lowest BCUT2D eigenvalue weighted by Crippen LogP contribution is -2.29. The average molecular weight is 363 g/mol. The second-order valence-electron chi connectivity index (χ2n) is 3.60. The summed E-state index contributed by atoms with van der Waals surface area (Å²) in [7, 11) is 0. The minimum atomic E-state index is -1.01. The highest BCUT2D eigenvalue weighted by Crippen LogP contribution is 2.08. The molecule has 18 heavy (non-hydrogen) atoms. The van der Waals surface area contributed by atoms with Crippen LogP contribution in [0, 0.1) is 3.57 Å². The van der Waals surface area contributed by atoms with Gasteiger partial charge in [-0.2, -0.15) is 0 Å². The Labute approximate surface area is 119 Å². The first-order valence-corrected chi connectivity index (χ1v) is 6.46. The van der Waals surface area contributed by atoms with Gasteiger partial charge in [-0.3, -0.25) is 4.79 Å². The Balaban J connectivity index is 2.20. The molecule has 0 aromatic heterocycles. The van der Waals surface area contributed by atoms with Gasteiger partial charge in [0, 0.05) is 10.1 Å². The first kappa shape index (κ1) is 14.9. The number of ether oxygens (including phenoxy) is 1. The maximum atomic E-state index is 11.5. The second kappa shape index (κ2) is 8.04. The number of carboxylic acids is 1. The number of aliphatic carboxylic acids is 1. The molecule has 6 heteroatoms. The highest BCUT2D eigenvalue weighted by molar-refractivity contribution is 14.1. The Morgan fingerprint density at radius 2 is 2.17 bits per heavy atom. The van der Waals surface area contributed by atoms with Gasteiger partial charge in [-0.1, -0.05) is 12.1 Å². The monoisotopic (exact) mass is 363 g/mol. The van der Waals surface area contributed by atoms with E-state index in [-0.39, 0.29) is 19.1 Å². The number of carbonyl (C=O) groups excluding carboxylic acids is 1. The van der Waals surface area contributed by atoms with Crippen molar-refractivity contribution >= 4 is 34.5 Å². The summed E-state index contributed by atoms with van der Waals surface area (Å²) in [5.41, 5.74) is 0.950. The molecular formula is C12H14INO4. The molecule has 0 saturated heterocycles. The van der Waals surface area contributed by atoms with Crippen molar-refractivity contribution in [2.75, 3.05) is 19.8 Å². The fourth-order valence-electron chi connectivity index (χ4n) is 1.32. The van der Waals surface area contributed by atoms with Crippen molar-refractivity contribution in [2.24, 2.45) is 0 Å². The molecule has 0 spiro atoms. The minimum absolute atomic E-state index is 0.101. The number of hydrogen-bond donors (Lipinski definition) is 2. The zero-order chi connectivity index (χ0) is 13.4. The third kappa shape index (κ3) is 6.55.